The Morgan fingerprint density at radius 1 is 0.900 bits per heavy atom. The minimum Gasteiger partial charge on any atom is -0.382 e. The fourth-order valence-corrected chi connectivity index (χ4v) is 1.80. The van der Waals surface area contributed by atoms with Crippen LogP contribution in [0.3, 0.4) is 0 Å². The van der Waals surface area contributed by atoms with Crippen LogP contribution < -0.4 is 5.73 Å². The first kappa shape index (κ1) is 17.1. The van der Waals surface area contributed by atoms with Crippen LogP contribution in [0, 0.1) is 0 Å². The lowest BCUT2D eigenvalue weighted by Crippen LogP contribution is -2.19. The van der Waals surface area contributed by atoms with Gasteiger partial charge in [0.2, 0.25) is 0 Å². The van der Waals surface area contributed by atoms with Crippen molar-refractivity contribution in [3.8, 4) is 0 Å². The molecule has 1 rings (SSSR count). The van der Waals surface area contributed by atoms with E-state index in [1.807, 2.05) is 0 Å². The Bertz CT molecular complexity index is 351. The predicted molar refractivity (Wildman–Crippen MR) is 81.0 cm³/mol. The SMILES string of the molecule is COCCOCCOCC(N)c1ccc(C(C)C)cc1. The lowest BCUT2D eigenvalue weighted by Gasteiger charge is -2.14. The highest BCUT2D eigenvalue weighted by Gasteiger charge is 2.07. The molecule has 4 heteroatoms. The van der Waals surface area contributed by atoms with Gasteiger partial charge in [-0.25, -0.2) is 0 Å². The van der Waals surface area contributed by atoms with E-state index >= 15 is 0 Å². The van der Waals surface area contributed by atoms with Crippen LogP contribution >= 0.6 is 0 Å². The second-order valence-electron chi connectivity index (χ2n) is 5.11. The minimum atomic E-state index is -0.0878. The van der Waals surface area contributed by atoms with Crippen LogP contribution in [-0.4, -0.2) is 40.1 Å². The van der Waals surface area contributed by atoms with Gasteiger partial charge in [0.15, 0.2) is 0 Å². The lowest BCUT2D eigenvalue weighted by molar-refractivity contribution is 0.0216. The maximum atomic E-state index is 6.10. The minimum absolute atomic E-state index is 0.0878. The number of rotatable bonds is 10. The monoisotopic (exact) mass is 281 g/mol. The Kier molecular flexibility index (Phi) is 8.46. The van der Waals surface area contributed by atoms with Gasteiger partial charge in [-0.1, -0.05) is 38.1 Å². The molecule has 20 heavy (non-hydrogen) atoms. The molecule has 0 aliphatic rings. The molecule has 1 unspecified atom stereocenters. The summed E-state index contributed by atoms with van der Waals surface area (Å²) in [4.78, 5) is 0. The van der Waals surface area contributed by atoms with E-state index in [2.05, 4.69) is 38.1 Å². The van der Waals surface area contributed by atoms with Gasteiger partial charge in [0.1, 0.15) is 0 Å². The molecule has 0 spiro atoms. The molecule has 0 saturated carbocycles. The van der Waals surface area contributed by atoms with Crippen LogP contribution in [-0.2, 0) is 14.2 Å². The summed E-state index contributed by atoms with van der Waals surface area (Å²) in [5.41, 5.74) is 8.53. The van der Waals surface area contributed by atoms with E-state index in [1.165, 1.54) is 5.56 Å². The molecule has 114 valence electrons. The van der Waals surface area contributed by atoms with Crippen molar-refractivity contribution in [3.05, 3.63) is 35.4 Å². The van der Waals surface area contributed by atoms with Crippen molar-refractivity contribution >= 4 is 0 Å². The van der Waals surface area contributed by atoms with Crippen molar-refractivity contribution in [1.29, 1.82) is 0 Å². The van der Waals surface area contributed by atoms with Gasteiger partial charge in [-0.2, -0.15) is 0 Å². The summed E-state index contributed by atoms with van der Waals surface area (Å²) in [5.74, 6) is 0.542. The molecule has 1 aromatic rings. The van der Waals surface area contributed by atoms with E-state index in [9.17, 15) is 0 Å². The summed E-state index contributed by atoms with van der Waals surface area (Å²) in [5, 5.41) is 0. The Labute approximate surface area is 122 Å². The predicted octanol–water partition coefficient (Wildman–Crippen LogP) is 2.49. The van der Waals surface area contributed by atoms with Crippen molar-refractivity contribution in [2.45, 2.75) is 25.8 Å². The van der Waals surface area contributed by atoms with Gasteiger partial charge in [0.25, 0.3) is 0 Å². The van der Waals surface area contributed by atoms with Gasteiger partial charge in [0, 0.05) is 7.11 Å². The van der Waals surface area contributed by atoms with Crippen molar-refractivity contribution in [1.82, 2.24) is 0 Å². The smallest absolute Gasteiger partial charge is 0.0701 e. The van der Waals surface area contributed by atoms with Crippen LogP contribution in [0.1, 0.15) is 36.9 Å². The topological polar surface area (TPSA) is 53.7 Å². The Morgan fingerprint density at radius 2 is 1.45 bits per heavy atom. The van der Waals surface area contributed by atoms with Gasteiger partial charge in [-0.05, 0) is 17.0 Å². The highest BCUT2D eigenvalue weighted by atomic mass is 16.5. The molecule has 0 aliphatic heterocycles. The first-order chi connectivity index (χ1) is 9.65. The molecule has 2 N–H and O–H groups in total. The van der Waals surface area contributed by atoms with Gasteiger partial charge >= 0.3 is 0 Å². The summed E-state index contributed by atoms with van der Waals surface area (Å²) < 4.78 is 15.7. The Balaban J connectivity index is 2.20. The number of hydrogen-bond donors (Lipinski definition) is 1. The van der Waals surface area contributed by atoms with Gasteiger partial charge in [-0.15, -0.1) is 0 Å². The van der Waals surface area contributed by atoms with Crippen LogP contribution in [0.15, 0.2) is 24.3 Å². The van der Waals surface area contributed by atoms with Crippen molar-refractivity contribution in [2.24, 2.45) is 5.73 Å². The second kappa shape index (κ2) is 9.88. The summed E-state index contributed by atoms with van der Waals surface area (Å²) >= 11 is 0. The van der Waals surface area contributed by atoms with Crippen molar-refractivity contribution < 1.29 is 14.2 Å². The summed E-state index contributed by atoms with van der Waals surface area (Å²) in [6, 6.07) is 8.34. The largest absolute Gasteiger partial charge is 0.382 e. The fourth-order valence-electron chi connectivity index (χ4n) is 1.80. The Hall–Kier alpha value is -0.940. The summed E-state index contributed by atoms with van der Waals surface area (Å²) in [6.07, 6.45) is 0. The highest BCUT2D eigenvalue weighted by Crippen LogP contribution is 2.17. The highest BCUT2D eigenvalue weighted by molar-refractivity contribution is 5.26. The first-order valence-electron chi connectivity index (χ1n) is 7.15. The number of hydrogen-bond acceptors (Lipinski definition) is 4. The third kappa shape index (κ3) is 6.48. The molecule has 1 atom stereocenters. The number of methoxy groups -OCH3 is 1. The zero-order chi connectivity index (χ0) is 14.8. The van der Waals surface area contributed by atoms with Crippen molar-refractivity contribution in [2.75, 3.05) is 40.1 Å². The molecule has 0 aromatic heterocycles. The third-order valence-corrected chi connectivity index (χ3v) is 3.13. The van der Waals surface area contributed by atoms with Crippen molar-refractivity contribution in [3.63, 3.8) is 0 Å². The van der Waals surface area contributed by atoms with Gasteiger partial charge in [0.05, 0.1) is 39.1 Å². The van der Waals surface area contributed by atoms with Crippen LogP contribution in [0.2, 0.25) is 0 Å². The number of benzene rings is 1. The number of ether oxygens (including phenoxy) is 3. The average molecular weight is 281 g/mol. The molecule has 0 bridgehead atoms. The molecule has 0 saturated heterocycles. The molecule has 0 heterocycles. The van der Waals surface area contributed by atoms with E-state index in [-0.39, 0.29) is 6.04 Å². The number of nitrogens with two attached hydrogens (primary N) is 1. The first-order valence-corrected chi connectivity index (χ1v) is 7.15. The standard InChI is InChI=1S/C16H27NO3/c1-13(2)14-4-6-15(7-5-14)16(17)12-20-11-10-19-9-8-18-3/h4-7,13,16H,8-12,17H2,1-3H3. The summed E-state index contributed by atoms with van der Waals surface area (Å²) in [7, 11) is 1.66. The molecular formula is C16H27NO3. The quantitative estimate of drug-likeness (QED) is 0.669. The van der Waals surface area contributed by atoms with Gasteiger partial charge < -0.3 is 19.9 Å². The average Bonchev–Trinajstić information content (AvgIpc) is 2.46. The molecule has 4 nitrogen and oxygen atoms in total. The molecular weight excluding hydrogens is 254 g/mol. The van der Waals surface area contributed by atoms with E-state index < -0.39 is 0 Å². The molecule has 1 aromatic carbocycles. The molecule has 0 fully saturated rings. The van der Waals surface area contributed by atoms with E-state index in [4.69, 9.17) is 19.9 Å². The lowest BCUT2D eigenvalue weighted by atomic mass is 10.00. The van der Waals surface area contributed by atoms with E-state index in [1.54, 1.807) is 7.11 Å². The van der Waals surface area contributed by atoms with Crippen LogP contribution in [0.25, 0.3) is 0 Å². The van der Waals surface area contributed by atoms with Crippen LogP contribution in [0.4, 0.5) is 0 Å². The second-order valence-corrected chi connectivity index (χ2v) is 5.11. The molecule has 0 radical (unpaired) electrons. The Morgan fingerprint density at radius 3 is 2.05 bits per heavy atom. The molecule has 0 amide bonds. The zero-order valence-electron chi connectivity index (χ0n) is 12.8. The maximum Gasteiger partial charge on any atom is 0.0701 e. The zero-order valence-corrected chi connectivity index (χ0v) is 12.8. The van der Waals surface area contributed by atoms with Gasteiger partial charge in [-0.3, -0.25) is 0 Å². The maximum absolute atomic E-state index is 6.10. The third-order valence-electron chi connectivity index (χ3n) is 3.13. The van der Waals surface area contributed by atoms with Crippen LogP contribution in [0.5, 0.6) is 0 Å². The van der Waals surface area contributed by atoms with E-state index in [0.29, 0.717) is 39.0 Å². The fraction of sp³-hybridized carbons (Fsp3) is 0.625. The summed E-state index contributed by atoms with van der Waals surface area (Å²) in [6.45, 7) is 7.21. The molecule has 0 aliphatic carbocycles. The normalized spacial score (nSPS) is 12.8. The van der Waals surface area contributed by atoms with E-state index in [0.717, 1.165) is 5.56 Å².